The first-order chi connectivity index (χ1) is 6.83. The molecule has 0 spiro atoms. The molecule has 1 aliphatic rings. The summed E-state index contributed by atoms with van der Waals surface area (Å²) in [6, 6.07) is -0.0366. The Hall–Kier alpha value is -0.990. The normalized spacial score (nSPS) is 15.1. The zero-order chi connectivity index (χ0) is 10.2. The van der Waals surface area contributed by atoms with Crippen LogP contribution in [0.4, 0.5) is 4.79 Å². The van der Waals surface area contributed by atoms with Crippen molar-refractivity contribution in [3.63, 3.8) is 0 Å². The number of carbonyl (C=O) groups is 1. The molecule has 2 amide bonds. The van der Waals surface area contributed by atoms with E-state index in [-0.39, 0.29) is 6.03 Å². The number of carbonyl (C=O) groups excluding carboxylic acids is 1. The molecule has 3 nitrogen and oxygen atoms in total. The van der Waals surface area contributed by atoms with Crippen molar-refractivity contribution < 1.29 is 4.79 Å². The third-order valence-corrected chi connectivity index (χ3v) is 2.40. The smallest absolute Gasteiger partial charge is 0.314 e. The van der Waals surface area contributed by atoms with E-state index in [2.05, 4.69) is 16.7 Å². The van der Waals surface area contributed by atoms with Gasteiger partial charge in [-0.2, -0.15) is 0 Å². The summed E-state index contributed by atoms with van der Waals surface area (Å²) >= 11 is 0. The molecule has 80 valence electrons. The SMILES string of the molecule is CCCNC(=O)NCCC1=CCCC1. The molecule has 0 aliphatic heterocycles. The zero-order valence-corrected chi connectivity index (χ0v) is 8.94. The first-order valence-electron chi connectivity index (χ1n) is 5.52. The molecule has 3 heteroatoms. The molecule has 0 saturated heterocycles. The molecule has 0 aromatic heterocycles. The molecule has 0 aromatic carbocycles. The van der Waals surface area contributed by atoms with Gasteiger partial charge in [-0.15, -0.1) is 0 Å². The molecule has 0 bridgehead atoms. The number of hydrogen-bond donors (Lipinski definition) is 2. The van der Waals surface area contributed by atoms with Gasteiger partial charge in [0.25, 0.3) is 0 Å². The van der Waals surface area contributed by atoms with E-state index in [1.807, 2.05) is 6.92 Å². The average Bonchev–Trinajstić information content (AvgIpc) is 2.67. The number of amides is 2. The van der Waals surface area contributed by atoms with Crippen LogP contribution in [0.3, 0.4) is 0 Å². The van der Waals surface area contributed by atoms with Crippen LogP contribution in [0.15, 0.2) is 11.6 Å². The van der Waals surface area contributed by atoms with Gasteiger partial charge < -0.3 is 10.6 Å². The molecule has 1 aliphatic carbocycles. The van der Waals surface area contributed by atoms with E-state index < -0.39 is 0 Å². The Bertz CT molecular complexity index is 211. The number of hydrogen-bond acceptors (Lipinski definition) is 1. The summed E-state index contributed by atoms with van der Waals surface area (Å²) in [5, 5.41) is 5.64. The molecule has 1 rings (SSSR count). The number of urea groups is 1. The van der Waals surface area contributed by atoms with Crippen LogP contribution in [0.2, 0.25) is 0 Å². The summed E-state index contributed by atoms with van der Waals surface area (Å²) in [5.41, 5.74) is 1.50. The monoisotopic (exact) mass is 196 g/mol. The molecule has 0 aromatic rings. The molecule has 0 fully saturated rings. The molecule has 14 heavy (non-hydrogen) atoms. The third kappa shape index (κ3) is 4.30. The minimum Gasteiger partial charge on any atom is -0.338 e. The van der Waals surface area contributed by atoms with Crippen LogP contribution < -0.4 is 10.6 Å². The Kier molecular flexibility index (Phi) is 5.12. The van der Waals surface area contributed by atoms with Crippen molar-refractivity contribution in [2.75, 3.05) is 13.1 Å². The zero-order valence-electron chi connectivity index (χ0n) is 8.94. The van der Waals surface area contributed by atoms with Crippen LogP contribution in [0, 0.1) is 0 Å². The molecule has 0 saturated carbocycles. The van der Waals surface area contributed by atoms with Crippen molar-refractivity contribution in [2.45, 2.75) is 39.0 Å². The predicted octanol–water partition coefficient (Wildman–Crippen LogP) is 2.20. The van der Waals surface area contributed by atoms with Crippen LogP contribution in [-0.4, -0.2) is 19.1 Å². The maximum Gasteiger partial charge on any atom is 0.314 e. The Labute approximate surface area is 86.0 Å². The molecule has 2 N–H and O–H groups in total. The fourth-order valence-corrected chi connectivity index (χ4v) is 1.60. The molecular weight excluding hydrogens is 176 g/mol. The summed E-state index contributed by atoms with van der Waals surface area (Å²) < 4.78 is 0. The van der Waals surface area contributed by atoms with Gasteiger partial charge in [-0.05, 0) is 32.1 Å². The Balaban J connectivity index is 2.00. The van der Waals surface area contributed by atoms with Crippen LogP contribution in [0.1, 0.15) is 39.0 Å². The molecule has 0 heterocycles. The van der Waals surface area contributed by atoms with E-state index in [4.69, 9.17) is 0 Å². The number of nitrogens with one attached hydrogen (secondary N) is 2. The molecule has 0 unspecified atom stereocenters. The molecule has 0 radical (unpaired) electrons. The summed E-state index contributed by atoms with van der Waals surface area (Å²) in [4.78, 5) is 11.1. The maximum atomic E-state index is 11.1. The van der Waals surface area contributed by atoms with Crippen molar-refractivity contribution in [1.82, 2.24) is 10.6 Å². The molecular formula is C11H20N2O. The lowest BCUT2D eigenvalue weighted by atomic mass is 10.2. The van der Waals surface area contributed by atoms with E-state index in [0.29, 0.717) is 0 Å². The van der Waals surface area contributed by atoms with Crippen molar-refractivity contribution in [3.05, 3.63) is 11.6 Å². The minimum absolute atomic E-state index is 0.0366. The first-order valence-corrected chi connectivity index (χ1v) is 5.52. The van der Waals surface area contributed by atoms with Crippen LogP contribution in [-0.2, 0) is 0 Å². The van der Waals surface area contributed by atoms with Crippen molar-refractivity contribution in [1.29, 1.82) is 0 Å². The first kappa shape index (κ1) is 11.1. The maximum absolute atomic E-state index is 11.1. The van der Waals surface area contributed by atoms with Gasteiger partial charge in [0, 0.05) is 13.1 Å². The highest BCUT2D eigenvalue weighted by Gasteiger charge is 2.04. The molecule has 0 atom stereocenters. The summed E-state index contributed by atoms with van der Waals surface area (Å²) in [5.74, 6) is 0. The van der Waals surface area contributed by atoms with Gasteiger partial charge in [0.05, 0.1) is 0 Å². The van der Waals surface area contributed by atoms with Crippen molar-refractivity contribution >= 4 is 6.03 Å². The van der Waals surface area contributed by atoms with E-state index in [1.54, 1.807) is 0 Å². The highest BCUT2D eigenvalue weighted by atomic mass is 16.2. The van der Waals surface area contributed by atoms with Crippen molar-refractivity contribution in [3.8, 4) is 0 Å². The van der Waals surface area contributed by atoms with Gasteiger partial charge >= 0.3 is 6.03 Å². The third-order valence-electron chi connectivity index (χ3n) is 2.40. The lowest BCUT2D eigenvalue weighted by Crippen LogP contribution is -2.36. The van der Waals surface area contributed by atoms with Gasteiger partial charge in [-0.1, -0.05) is 18.6 Å². The van der Waals surface area contributed by atoms with Crippen LogP contribution in [0.25, 0.3) is 0 Å². The van der Waals surface area contributed by atoms with Gasteiger partial charge in [0.15, 0.2) is 0 Å². The fourth-order valence-electron chi connectivity index (χ4n) is 1.60. The number of rotatable bonds is 5. The van der Waals surface area contributed by atoms with Gasteiger partial charge in [-0.25, -0.2) is 4.79 Å². The average molecular weight is 196 g/mol. The Morgan fingerprint density at radius 3 is 2.86 bits per heavy atom. The second-order valence-corrected chi connectivity index (χ2v) is 3.69. The number of allylic oxidation sites excluding steroid dienone is 1. The summed E-state index contributed by atoms with van der Waals surface area (Å²) in [7, 11) is 0. The van der Waals surface area contributed by atoms with E-state index >= 15 is 0 Å². The van der Waals surface area contributed by atoms with E-state index in [9.17, 15) is 4.79 Å². The quantitative estimate of drug-likeness (QED) is 0.650. The second kappa shape index (κ2) is 6.46. The van der Waals surface area contributed by atoms with Crippen LogP contribution >= 0.6 is 0 Å². The highest BCUT2D eigenvalue weighted by Crippen LogP contribution is 2.19. The Morgan fingerprint density at radius 2 is 2.21 bits per heavy atom. The predicted molar refractivity (Wildman–Crippen MR) is 58.2 cm³/mol. The second-order valence-electron chi connectivity index (χ2n) is 3.69. The van der Waals surface area contributed by atoms with Crippen molar-refractivity contribution in [2.24, 2.45) is 0 Å². The van der Waals surface area contributed by atoms with Crippen LogP contribution in [0.5, 0.6) is 0 Å². The standard InChI is InChI=1S/C11H20N2O/c1-2-8-12-11(14)13-9-7-10-5-3-4-6-10/h5H,2-4,6-9H2,1H3,(H2,12,13,14). The van der Waals surface area contributed by atoms with Gasteiger partial charge in [0.2, 0.25) is 0 Å². The van der Waals surface area contributed by atoms with Gasteiger partial charge in [-0.3, -0.25) is 0 Å². The largest absolute Gasteiger partial charge is 0.338 e. The minimum atomic E-state index is -0.0366. The fraction of sp³-hybridized carbons (Fsp3) is 0.727. The summed E-state index contributed by atoms with van der Waals surface area (Å²) in [6.07, 6.45) is 8.02. The Morgan fingerprint density at radius 1 is 1.43 bits per heavy atom. The van der Waals surface area contributed by atoms with Gasteiger partial charge in [0.1, 0.15) is 0 Å². The van der Waals surface area contributed by atoms with E-state index in [0.717, 1.165) is 25.9 Å². The van der Waals surface area contributed by atoms with E-state index in [1.165, 1.54) is 24.8 Å². The highest BCUT2D eigenvalue weighted by molar-refractivity contribution is 5.73. The topological polar surface area (TPSA) is 41.1 Å². The summed E-state index contributed by atoms with van der Waals surface area (Å²) in [6.45, 7) is 3.57. The lowest BCUT2D eigenvalue weighted by molar-refractivity contribution is 0.241. The lowest BCUT2D eigenvalue weighted by Gasteiger charge is -2.06.